The summed E-state index contributed by atoms with van der Waals surface area (Å²) < 4.78 is 42.2. The lowest BCUT2D eigenvalue weighted by Crippen LogP contribution is -2.40. The molecule has 0 aromatic heterocycles. The molecule has 10 nitrogen and oxygen atoms in total. The van der Waals surface area contributed by atoms with Crippen LogP contribution in [0.1, 0.15) is 17.3 Å². The summed E-state index contributed by atoms with van der Waals surface area (Å²) in [5.74, 6) is -1.26. The van der Waals surface area contributed by atoms with Crippen molar-refractivity contribution in [3.63, 3.8) is 0 Å². The molecule has 1 fully saturated rings. The molecule has 1 saturated heterocycles. The minimum atomic E-state index is -3.64. The van der Waals surface area contributed by atoms with E-state index >= 15 is 0 Å². The van der Waals surface area contributed by atoms with Gasteiger partial charge in [-0.1, -0.05) is 11.6 Å². The van der Waals surface area contributed by atoms with Gasteiger partial charge in [0.2, 0.25) is 10.0 Å². The van der Waals surface area contributed by atoms with E-state index in [0.29, 0.717) is 18.9 Å². The molecule has 178 valence electrons. The lowest BCUT2D eigenvalue weighted by molar-refractivity contribution is -0.123. The Kier molecular flexibility index (Phi) is 7.80. The van der Waals surface area contributed by atoms with Gasteiger partial charge in [0.1, 0.15) is 11.3 Å². The topological polar surface area (TPSA) is 137 Å². The van der Waals surface area contributed by atoms with Gasteiger partial charge in [0.25, 0.3) is 5.91 Å². The average Bonchev–Trinajstić information content (AvgIpc) is 2.81. The van der Waals surface area contributed by atoms with Gasteiger partial charge < -0.3 is 25.3 Å². The molecule has 2 aromatic rings. The number of carbonyl (C=O) groups excluding carboxylic acids is 2. The molecule has 0 aliphatic carbocycles. The predicted octanol–water partition coefficient (Wildman–Crippen LogP) is 2.14. The van der Waals surface area contributed by atoms with Gasteiger partial charge in [-0.05, 0) is 37.3 Å². The lowest BCUT2D eigenvalue weighted by Gasteiger charge is -2.26. The van der Waals surface area contributed by atoms with Crippen molar-refractivity contribution in [1.82, 2.24) is 4.31 Å². The van der Waals surface area contributed by atoms with Crippen molar-refractivity contribution >= 4 is 44.9 Å². The summed E-state index contributed by atoms with van der Waals surface area (Å²) in [6.07, 6.45) is -1.16. The lowest BCUT2D eigenvalue weighted by atomic mass is 10.2. The maximum atomic E-state index is 12.7. The van der Waals surface area contributed by atoms with Crippen LogP contribution < -0.4 is 15.8 Å². The minimum Gasteiger partial charge on any atom is -0.496 e. The summed E-state index contributed by atoms with van der Waals surface area (Å²) in [6, 6.07) is 8.41. The van der Waals surface area contributed by atoms with Gasteiger partial charge in [-0.3, -0.25) is 4.79 Å². The first-order chi connectivity index (χ1) is 15.6. The molecule has 12 heteroatoms. The Morgan fingerprint density at radius 3 is 2.42 bits per heavy atom. The van der Waals surface area contributed by atoms with Crippen molar-refractivity contribution in [1.29, 1.82) is 0 Å². The van der Waals surface area contributed by atoms with Crippen molar-refractivity contribution in [2.45, 2.75) is 17.9 Å². The van der Waals surface area contributed by atoms with E-state index in [-0.39, 0.29) is 40.0 Å². The summed E-state index contributed by atoms with van der Waals surface area (Å²) in [5.41, 5.74) is 6.30. The van der Waals surface area contributed by atoms with Gasteiger partial charge in [0.05, 0.1) is 35.9 Å². The Morgan fingerprint density at radius 2 is 1.82 bits per heavy atom. The number of morpholine rings is 1. The number of carbonyl (C=O) groups is 2. The number of sulfonamides is 1. The molecule has 2 aromatic carbocycles. The third-order valence-electron chi connectivity index (χ3n) is 4.92. The second-order valence-electron chi connectivity index (χ2n) is 7.15. The number of ether oxygens (including phenoxy) is 3. The number of benzene rings is 2. The van der Waals surface area contributed by atoms with Gasteiger partial charge in [0, 0.05) is 24.8 Å². The predicted molar refractivity (Wildman–Crippen MR) is 122 cm³/mol. The van der Waals surface area contributed by atoms with Crippen molar-refractivity contribution in [2.75, 3.05) is 44.5 Å². The standard InChI is InChI=1S/C21H24ClN3O7S/c1-13(32-21(27)16-11-17(22)18(23)12-19(16)30-2)20(26)24-14-3-5-15(6-4-14)33(28,29)25-7-9-31-10-8-25/h3-6,11-13H,7-10,23H2,1-2H3,(H,24,26). The smallest absolute Gasteiger partial charge is 0.342 e. The molecule has 1 heterocycles. The SMILES string of the molecule is COc1cc(N)c(Cl)cc1C(=O)OC(C)C(=O)Nc1ccc(S(=O)(=O)N2CCOCC2)cc1. The van der Waals surface area contributed by atoms with Crippen molar-refractivity contribution in [3.8, 4) is 5.75 Å². The summed E-state index contributed by atoms with van der Waals surface area (Å²) in [6.45, 7) is 2.66. The third-order valence-corrected chi connectivity index (χ3v) is 7.16. The van der Waals surface area contributed by atoms with Gasteiger partial charge in [-0.25, -0.2) is 13.2 Å². The van der Waals surface area contributed by atoms with E-state index in [2.05, 4.69) is 5.32 Å². The number of nitrogens with two attached hydrogens (primary N) is 1. The van der Waals surface area contributed by atoms with Gasteiger partial charge >= 0.3 is 5.97 Å². The van der Waals surface area contributed by atoms with Crippen molar-refractivity contribution in [3.05, 3.63) is 47.0 Å². The number of hydrogen-bond donors (Lipinski definition) is 2. The quantitative estimate of drug-likeness (QED) is 0.438. The van der Waals surface area contributed by atoms with Crippen LogP contribution in [0.5, 0.6) is 5.75 Å². The minimum absolute atomic E-state index is 0.0222. The first kappa shape index (κ1) is 24.8. The van der Waals surface area contributed by atoms with Gasteiger partial charge in [-0.2, -0.15) is 4.31 Å². The highest BCUT2D eigenvalue weighted by Gasteiger charge is 2.27. The van der Waals surface area contributed by atoms with Crippen LogP contribution in [0.15, 0.2) is 41.3 Å². The van der Waals surface area contributed by atoms with E-state index in [1.807, 2.05) is 0 Å². The molecule has 3 N–H and O–H groups in total. The van der Waals surface area contributed by atoms with Crippen LogP contribution in [0.2, 0.25) is 5.02 Å². The van der Waals surface area contributed by atoms with Gasteiger partial charge in [0.15, 0.2) is 6.10 Å². The number of nitrogens with zero attached hydrogens (tertiary/aromatic N) is 1. The van der Waals surface area contributed by atoms with Crippen LogP contribution in [0.3, 0.4) is 0 Å². The monoisotopic (exact) mass is 497 g/mol. The number of hydrogen-bond acceptors (Lipinski definition) is 8. The summed E-state index contributed by atoms with van der Waals surface area (Å²) in [4.78, 5) is 25.1. The highest BCUT2D eigenvalue weighted by Crippen LogP contribution is 2.29. The number of anilines is 2. The Hall–Kier alpha value is -2.86. The van der Waals surface area contributed by atoms with E-state index in [1.165, 1.54) is 54.7 Å². The molecule has 1 amide bonds. The Morgan fingerprint density at radius 1 is 1.18 bits per heavy atom. The molecule has 0 saturated carbocycles. The van der Waals surface area contributed by atoms with Crippen LogP contribution >= 0.6 is 11.6 Å². The Balaban J connectivity index is 1.64. The number of nitrogens with one attached hydrogen (secondary N) is 1. The molecule has 1 atom stereocenters. The zero-order valence-corrected chi connectivity index (χ0v) is 19.6. The van der Waals surface area contributed by atoms with Crippen LogP contribution in [0.4, 0.5) is 11.4 Å². The molecule has 3 rings (SSSR count). The van der Waals surface area contributed by atoms with E-state index in [0.717, 1.165) is 0 Å². The number of halogens is 1. The first-order valence-corrected chi connectivity index (χ1v) is 11.8. The molecule has 1 aliphatic heterocycles. The fraction of sp³-hybridized carbons (Fsp3) is 0.333. The largest absolute Gasteiger partial charge is 0.496 e. The molecule has 0 radical (unpaired) electrons. The van der Waals surface area contributed by atoms with E-state index in [9.17, 15) is 18.0 Å². The Labute approximate surface area is 196 Å². The summed E-state index contributed by atoms with van der Waals surface area (Å²) in [5, 5.41) is 2.73. The van der Waals surface area contributed by atoms with Crippen molar-refractivity contribution < 1.29 is 32.2 Å². The molecular weight excluding hydrogens is 474 g/mol. The zero-order chi connectivity index (χ0) is 24.2. The number of methoxy groups -OCH3 is 1. The maximum Gasteiger partial charge on any atom is 0.342 e. The molecule has 0 spiro atoms. The van der Waals surface area contributed by atoms with E-state index in [1.54, 1.807) is 0 Å². The number of esters is 1. The fourth-order valence-corrected chi connectivity index (χ4v) is 4.64. The van der Waals surface area contributed by atoms with E-state index < -0.39 is 28.0 Å². The van der Waals surface area contributed by atoms with Crippen LogP contribution in [-0.2, 0) is 24.3 Å². The Bertz CT molecular complexity index is 1130. The number of amides is 1. The summed E-state index contributed by atoms with van der Waals surface area (Å²) in [7, 11) is -2.28. The highest BCUT2D eigenvalue weighted by molar-refractivity contribution is 7.89. The fourth-order valence-electron chi connectivity index (χ4n) is 3.07. The average molecular weight is 498 g/mol. The molecule has 33 heavy (non-hydrogen) atoms. The number of nitrogen functional groups attached to an aromatic ring is 1. The number of rotatable bonds is 7. The molecule has 1 unspecified atom stereocenters. The maximum absolute atomic E-state index is 12.7. The highest BCUT2D eigenvalue weighted by atomic mass is 35.5. The van der Waals surface area contributed by atoms with Gasteiger partial charge in [-0.15, -0.1) is 0 Å². The van der Waals surface area contributed by atoms with Crippen LogP contribution in [0, 0.1) is 0 Å². The zero-order valence-electron chi connectivity index (χ0n) is 18.0. The second-order valence-corrected chi connectivity index (χ2v) is 9.50. The van der Waals surface area contributed by atoms with Crippen LogP contribution in [-0.4, -0.2) is 64.1 Å². The molecule has 0 bridgehead atoms. The van der Waals surface area contributed by atoms with E-state index in [4.69, 9.17) is 31.5 Å². The first-order valence-electron chi connectivity index (χ1n) is 9.96. The molecular formula is C21H24ClN3O7S. The summed E-state index contributed by atoms with van der Waals surface area (Å²) >= 11 is 5.97. The molecule has 1 aliphatic rings. The normalized spacial score (nSPS) is 15.5. The van der Waals surface area contributed by atoms with Crippen molar-refractivity contribution in [2.24, 2.45) is 0 Å². The van der Waals surface area contributed by atoms with Crippen LogP contribution in [0.25, 0.3) is 0 Å². The third kappa shape index (κ3) is 5.74. The second kappa shape index (κ2) is 10.4.